The molecule has 112 valence electrons. The zero-order valence-electron chi connectivity index (χ0n) is 12.0. The van der Waals surface area contributed by atoms with E-state index >= 15 is 0 Å². The molecule has 0 aliphatic carbocycles. The predicted molar refractivity (Wildman–Crippen MR) is 81.1 cm³/mol. The average molecular weight is 305 g/mol. The van der Waals surface area contributed by atoms with Crippen molar-refractivity contribution in [2.75, 3.05) is 13.1 Å². The maximum Gasteiger partial charge on any atom is 0.227 e. The number of carbonyl (C=O) groups excluding carboxylic acids is 1. The standard InChI is InChI=1S/C15H19N3O2S/c1-10-5-12(17-16-10)6-11-8-18(9-14(11)19)15(20)7-13-3-2-4-21-13/h2-5,11,14,19H,6-9H2,1H3,(H,16,17)/t11-,14+/m1/s1. The Balaban J connectivity index is 1.58. The van der Waals surface area contributed by atoms with Crippen LogP contribution in [0.25, 0.3) is 0 Å². The first-order chi connectivity index (χ1) is 10.1. The highest BCUT2D eigenvalue weighted by molar-refractivity contribution is 7.10. The molecule has 1 saturated heterocycles. The summed E-state index contributed by atoms with van der Waals surface area (Å²) >= 11 is 1.59. The third-order valence-electron chi connectivity index (χ3n) is 3.90. The molecule has 0 bridgehead atoms. The van der Waals surface area contributed by atoms with Crippen LogP contribution in [0.1, 0.15) is 16.3 Å². The Kier molecular flexibility index (Phi) is 4.07. The summed E-state index contributed by atoms with van der Waals surface area (Å²) in [6.07, 6.45) is 0.668. The Labute approximate surface area is 127 Å². The Morgan fingerprint density at radius 1 is 1.57 bits per heavy atom. The molecule has 1 amide bonds. The molecular formula is C15H19N3O2S. The zero-order chi connectivity index (χ0) is 14.8. The van der Waals surface area contributed by atoms with Gasteiger partial charge in [-0.2, -0.15) is 5.10 Å². The van der Waals surface area contributed by atoms with Gasteiger partial charge in [-0.15, -0.1) is 11.3 Å². The fourth-order valence-corrected chi connectivity index (χ4v) is 3.48. The molecule has 0 radical (unpaired) electrons. The number of β-amino-alcohol motifs (C(OH)–C–C–N with tert-alkyl or cyclic N) is 1. The fraction of sp³-hybridized carbons (Fsp3) is 0.467. The predicted octanol–water partition coefficient (Wildman–Crippen LogP) is 1.38. The van der Waals surface area contributed by atoms with E-state index in [0.29, 0.717) is 25.9 Å². The van der Waals surface area contributed by atoms with Crippen LogP contribution in [-0.2, 0) is 17.6 Å². The number of carbonyl (C=O) groups is 1. The monoisotopic (exact) mass is 305 g/mol. The van der Waals surface area contributed by atoms with Crippen LogP contribution < -0.4 is 0 Å². The lowest BCUT2D eigenvalue weighted by Crippen LogP contribution is -2.30. The summed E-state index contributed by atoms with van der Waals surface area (Å²) in [5, 5.41) is 19.3. The van der Waals surface area contributed by atoms with Gasteiger partial charge < -0.3 is 10.0 Å². The highest BCUT2D eigenvalue weighted by atomic mass is 32.1. The van der Waals surface area contributed by atoms with Crippen molar-refractivity contribution in [3.63, 3.8) is 0 Å². The minimum Gasteiger partial charge on any atom is -0.391 e. The van der Waals surface area contributed by atoms with Gasteiger partial charge in [0.25, 0.3) is 0 Å². The third kappa shape index (κ3) is 3.33. The zero-order valence-corrected chi connectivity index (χ0v) is 12.8. The fourth-order valence-electron chi connectivity index (χ4n) is 2.78. The normalized spacial score (nSPS) is 21.9. The lowest BCUT2D eigenvalue weighted by Gasteiger charge is -2.15. The van der Waals surface area contributed by atoms with Crippen LogP contribution in [0.4, 0.5) is 0 Å². The molecule has 1 fully saturated rings. The third-order valence-corrected chi connectivity index (χ3v) is 4.77. The molecule has 1 aliphatic rings. The van der Waals surface area contributed by atoms with Gasteiger partial charge in [-0.3, -0.25) is 9.89 Å². The summed E-state index contributed by atoms with van der Waals surface area (Å²) in [7, 11) is 0. The maximum atomic E-state index is 12.3. The quantitative estimate of drug-likeness (QED) is 0.897. The van der Waals surface area contributed by atoms with Crippen LogP contribution in [-0.4, -0.2) is 45.3 Å². The molecule has 2 atom stereocenters. The number of likely N-dealkylation sites (tertiary alicyclic amines) is 1. The first kappa shape index (κ1) is 14.3. The number of amides is 1. The van der Waals surface area contributed by atoms with Crippen LogP contribution >= 0.6 is 11.3 Å². The smallest absolute Gasteiger partial charge is 0.227 e. The molecule has 0 saturated carbocycles. The van der Waals surface area contributed by atoms with Gasteiger partial charge in [0.15, 0.2) is 0 Å². The highest BCUT2D eigenvalue weighted by Gasteiger charge is 2.34. The number of H-pyrrole nitrogens is 1. The lowest BCUT2D eigenvalue weighted by molar-refractivity contribution is -0.129. The number of hydrogen-bond acceptors (Lipinski definition) is 4. The number of aliphatic hydroxyl groups is 1. The van der Waals surface area contributed by atoms with Gasteiger partial charge in [0, 0.05) is 29.6 Å². The molecule has 6 heteroatoms. The molecule has 2 aromatic rings. The maximum absolute atomic E-state index is 12.3. The average Bonchev–Trinajstić information content (AvgIpc) is 3.14. The van der Waals surface area contributed by atoms with E-state index in [4.69, 9.17) is 0 Å². The van der Waals surface area contributed by atoms with Crippen molar-refractivity contribution in [1.82, 2.24) is 15.1 Å². The second-order valence-electron chi connectivity index (χ2n) is 5.63. The number of nitrogens with one attached hydrogen (secondary N) is 1. The Morgan fingerprint density at radius 2 is 2.43 bits per heavy atom. The van der Waals surface area contributed by atoms with Crippen molar-refractivity contribution in [3.8, 4) is 0 Å². The van der Waals surface area contributed by atoms with E-state index in [-0.39, 0.29) is 11.8 Å². The molecule has 2 N–H and O–H groups in total. The number of aromatic nitrogens is 2. The van der Waals surface area contributed by atoms with E-state index < -0.39 is 6.10 Å². The van der Waals surface area contributed by atoms with Gasteiger partial charge in [-0.1, -0.05) is 6.07 Å². The minimum absolute atomic E-state index is 0.0694. The summed E-state index contributed by atoms with van der Waals surface area (Å²) < 4.78 is 0. The summed E-state index contributed by atoms with van der Waals surface area (Å²) in [6, 6.07) is 5.91. The Hall–Kier alpha value is -1.66. The number of hydrogen-bond donors (Lipinski definition) is 2. The van der Waals surface area contributed by atoms with Crippen LogP contribution in [0.15, 0.2) is 23.6 Å². The molecule has 3 rings (SSSR count). The van der Waals surface area contributed by atoms with Crippen molar-refractivity contribution in [3.05, 3.63) is 39.8 Å². The summed E-state index contributed by atoms with van der Waals surface area (Å²) in [4.78, 5) is 15.1. The first-order valence-electron chi connectivity index (χ1n) is 7.11. The lowest BCUT2D eigenvalue weighted by atomic mass is 10.0. The molecule has 5 nitrogen and oxygen atoms in total. The number of nitrogens with zero attached hydrogens (tertiary/aromatic N) is 2. The van der Waals surface area contributed by atoms with Crippen LogP contribution in [0.3, 0.4) is 0 Å². The van der Waals surface area contributed by atoms with Gasteiger partial charge in [-0.25, -0.2) is 0 Å². The molecule has 0 aromatic carbocycles. The van der Waals surface area contributed by atoms with Gasteiger partial charge >= 0.3 is 0 Å². The van der Waals surface area contributed by atoms with E-state index in [9.17, 15) is 9.90 Å². The summed E-state index contributed by atoms with van der Waals surface area (Å²) in [6.45, 7) is 2.99. The van der Waals surface area contributed by atoms with Gasteiger partial charge in [0.2, 0.25) is 5.91 Å². The first-order valence-corrected chi connectivity index (χ1v) is 7.99. The SMILES string of the molecule is Cc1cc(C[C@@H]2CN(C(=O)Cc3cccs3)C[C@@H]2O)n[nH]1. The molecular weight excluding hydrogens is 286 g/mol. The number of aryl methyl sites for hydroxylation is 1. The number of aromatic amines is 1. The van der Waals surface area contributed by atoms with E-state index in [0.717, 1.165) is 16.3 Å². The van der Waals surface area contributed by atoms with Crippen LogP contribution in [0.2, 0.25) is 0 Å². The summed E-state index contributed by atoms with van der Waals surface area (Å²) in [5.41, 5.74) is 1.97. The minimum atomic E-state index is -0.464. The largest absolute Gasteiger partial charge is 0.391 e. The van der Waals surface area contributed by atoms with Crippen molar-refractivity contribution < 1.29 is 9.90 Å². The van der Waals surface area contributed by atoms with Gasteiger partial charge in [-0.05, 0) is 30.9 Å². The molecule has 3 heterocycles. The molecule has 2 aromatic heterocycles. The topological polar surface area (TPSA) is 69.2 Å². The second-order valence-corrected chi connectivity index (χ2v) is 6.66. The number of thiophene rings is 1. The number of aliphatic hydroxyl groups excluding tert-OH is 1. The van der Waals surface area contributed by atoms with Crippen molar-refractivity contribution in [2.45, 2.75) is 25.9 Å². The highest BCUT2D eigenvalue weighted by Crippen LogP contribution is 2.22. The van der Waals surface area contributed by atoms with E-state index in [1.165, 1.54) is 0 Å². The molecule has 21 heavy (non-hydrogen) atoms. The summed E-state index contributed by atoms with van der Waals surface area (Å²) in [5.74, 6) is 0.164. The van der Waals surface area contributed by atoms with Crippen molar-refractivity contribution in [1.29, 1.82) is 0 Å². The molecule has 0 spiro atoms. The van der Waals surface area contributed by atoms with Crippen molar-refractivity contribution >= 4 is 17.2 Å². The molecule has 1 aliphatic heterocycles. The second kappa shape index (κ2) is 5.99. The van der Waals surface area contributed by atoms with Gasteiger partial charge in [0.05, 0.1) is 18.2 Å². The van der Waals surface area contributed by atoms with Gasteiger partial charge in [0.1, 0.15) is 0 Å². The van der Waals surface area contributed by atoms with Crippen LogP contribution in [0.5, 0.6) is 0 Å². The Bertz CT molecular complexity index is 608. The Morgan fingerprint density at radius 3 is 3.10 bits per heavy atom. The number of rotatable bonds is 4. The van der Waals surface area contributed by atoms with Crippen LogP contribution in [0, 0.1) is 12.8 Å². The van der Waals surface area contributed by atoms with E-state index in [1.807, 2.05) is 30.5 Å². The van der Waals surface area contributed by atoms with Crippen molar-refractivity contribution in [2.24, 2.45) is 5.92 Å². The van der Waals surface area contributed by atoms with E-state index in [1.54, 1.807) is 16.2 Å². The van der Waals surface area contributed by atoms with E-state index in [2.05, 4.69) is 10.2 Å². The molecule has 0 unspecified atom stereocenters.